The van der Waals surface area contributed by atoms with Gasteiger partial charge in [-0.15, -0.1) is 0 Å². The zero-order chi connectivity index (χ0) is 23.8. The first-order valence-electron chi connectivity index (χ1n) is 10.3. The first kappa shape index (κ1) is 23.6. The third-order valence-corrected chi connectivity index (χ3v) is 4.84. The Morgan fingerprint density at radius 3 is 2.52 bits per heavy atom. The minimum Gasteiger partial charge on any atom is -0.496 e. The molecule has 0 unspecified atom stereocenters. The largest absolute Gasteiger partial charge is 0.496 e. The van der Waals surface area contributed by atoms with Crippen molar-refractivity contribution in [3.8, 4) is 11.5 Å². The summed E-state index contributed by atoms with van der Waals surface area (Å²) >= 11 is 0. The van der Waals surface area contributed by atoms with Gasteiger partial charge < -0.3 is 19.5 Å². The number of hydrogen-bond acceptors (Lipinski definition) is 7. The molecule has 0 aromatic heterocycles. The van der Waals surface area contributed by atoms with Crippen LogP contribution in [0, 0.1) is 5.92 Å². The monoisotopic (exact) mass is 455 g/mol. The summed E-state index contributed by atoms with van der Waals surface area (Å²) in [6.07, 6.45) is -0.133. The molecule has 10 nitrogen and oxygen atoms in total. The number of rotatable bonds is 9. The second-order valence-electron chi connectivity index (χ2n) is 7.16. The number of carbonyl (C=O) groups excluding carboxylic acids is 4. The molecule has 33 heavy (non-hydrogen) atoms. The van der Waals surface area contributed by atoms with Crippen molar-refractivity contribution in [3.63, 3.8) is 0 Å². The van der Waals surface area contributed by atoms with E-state index in [1.165, 1.54) is 7.11 Å². The summed E-state index contributed by atoms with van der Waals surface area (Å²) in [4.78, 5) is 49.1. The summed E-state index contributed by atoms with van der Waals surface area (Å²) in [5.41, 5.74) is 3.27. The minimum atomic E-state index is -0.797. The van der Waals surface area contributed by atoms with Crippen LogP contribution in [-0.4, -0.2) is 55.6 Å². The molecule has 0 radical (unpaired) electrons. The topological polar surface area (TPSA) is 123 Å². The molecule has 3 amide bonds. The molecular formula is C23H25N3O7. The molecule has 0 bridgehead atoms. The predicted molar refractivity (Wildman–Crippen MR) is 117 cm³/mol. The minimum absolute atomic E-state index is 0.0565. The van der Waals surface area contributed by atoms with E-state index in [4.69, 9.17) is 14.2 Å². The predicted octanol–water partition coefficient (Wildman–Crippen LogP) is 1.77. The summed E-state index contributed by atoms with van der Waals surface area (Å²) < 4.78 is 15.5. The molecule has 0 saturated carbocycles. The van der Waals surface area contributed by atoms with Gasteiger partial charge in [0.05, 0.1) is 31.7 Å². The number of hydrazine groups is 1. The Balaban J connectivity index is 1.47. The zero-order valence-corrected chi connectivity index (χ0v) is 18.3. The Morgan fingerprint density at radius 1 is 1.09 bits per heavy atom. The van der Waals surface area contributed by atoms with Gasteiger partial charge in [-0.2, -0.15) is 0 Å². The molecule has 0 spiro atoms. The number of amides is 3. The fourth-order valence-corrected chi connectivity index (χ4v) is 3.24. The number of carbonyl (C=O) groups is 4. The van der Waals surface area contributed by atoms with Gasteiger partial charge in [-0.3, -0.25) is 29.6 Å². The number of ether oxygens (including phenoxy) is 3. The average Bonchev–Trinajstić information content (AvgIpc) is 3.19. The molecule has 174 valence electrons. The molecule has 1 aliphatic heterocycles. The van der Waals surface area contributed by atoms with Crippen molar-refractivity contribution < 1.29 is 33.4 Å². The van der Waals surface area contributed by atoms with Gasteiger partial charge in [-0.25, -0.2) is 0 Å². The van der Waals surface area contributed by atoms with Gasteiger partial charge in [0, 0.05) is 12.1 Å². The Kier molecular flexibility index (Phi) is 7.85. The van der Waals surface area contributed by atoms with Crippen molar-refractivity contribution in [1.29, 1.82) is 0 Å². The number of hydrogen-bond donors (Lipinski definition) is 2. The van der Waals surface area contributed by atoms with Crippen molar-refractivity contribution in [2.24, 2.45) is 5.92 Å². The van der Waals surface area contributed by atoms with Gasteiger partial charge in [-0.05, 0) is 43.3 Å². The van der Waals surface area contributed by atoms with Crippen molar-refractivity contribution >= 4 is 29.4 Å². The summed E-state index contributed by atoms with van der Waals surface area (Å²) in [5, 5.41) is 3.68. The quantitative estimate of drug-likeness (QED) is 0.553. The number of esters is 1. The molecule has 2 aromatic rings. The van der Waals surface area contributed by atoms with Gasteiger partial charge in [-0.1, -0.05) is 12.1 Å². The van der Waals surface area contributed by atoms with Crippen LogP contribution in [0.4, 0.5) is 5.69 Å². The maximum atomic E-state index is 12.5. The molecule has 2 aromatic carbocycles. The Morgan fingerprint density at radius 2 is 1.82 bits per heavy atom. The highest BCUT2D eigenvalue weighted by atomic mass is 16.5. The highest BCUT2D eigenvalue weighted by Gasteiger charge is 2.37. The molecule has 1 atom stereocenters. The average molecular weight is 455 g/mol. The fourth-order valence-electron chi connectivity index (χ4n) is 3.24. The van der Waals surface area contributed by atoms with Crippen molar-refractivity contribution in [3.05, 3.63) is 54.1 Å². The van der Waals surface area contributed by atoms with E-state index in [-0.39, 0.29) is 18.5 Å². The number of para-hydroxylation sites is 1. The third kappa shape index (κ3) is 6.22. The Labute approximate surface area is 190 Å². The number of nitrogens with zero attached hydrogens (tertiary/aromatic N) is 1. The van der Waals surface area contributed by atoms with Gasteiger partial charge in [0.2, 0.25) is 5.91 Å². The molecule has 0 aliphatic carbocycles. The van der Waals surface area contributed by atoms with Crippen LogP contribution in [0.5, 0.6) is 11.5 Å². The zero-order valence-electron chi connectivity index (χ0n) is 18.3. The molecule has 2 N–H and O–H groups in total. The second kappa shape index (κ2) is 11.0. The van der Waals surface area contributed by atoms with E-state index in [2.05, 4.69) is 10.7 Å². The van der Waals surface area contributed by atoms with Crippen LogP contribution in [0.3, 0.4) is 0 Å². The van der Waals surface area contributed by atoms with E-state index in [9.17, 15) is 19.2 Å². The van der Waals surface area contributed by atoms with Crippen LogP contribution < -0.4 is 20.2 Å². The normalized spacial score (nSPS) is 15.0. The van der Waals surface area contributed by atoms with E-state index in [1.54, 1.807) is 48.5 Å². The smallest absolute Gasteiger partial charge is 0.311 e. The van der Waals surface area contributed by atoms with Gasteiger partial charge in [0.15, 0.2) is 6.61 Å². The standard InChI is InChI=1S/C23H25N3O7/c1-3-32-17-10-8-16(9-11-17)24-20(27)14-33-23(30)15-12-21(28)26(13-15)25-22(29)18-6-4-5-7-19(18)31-2/h4-11,15H,3,12-14H2,1-2H3,(H,24,27)(H,25,29)/t15-/m1/s1. The van der Waals surface area contributed by atoms with Crippen LogP contribution in [0.25, 0.3) is 0 Å². The number of anilines is 1. The molecule has 1 heterocycles. The Bertz CT molecular complexity index is 1020. The SMILES string of the molecule is CCOc1ccc(NC(=O)COC(=O)[C@@H]2CC(=O)N(NC(=O)c3ccccc3OC)C2)cc1. The van der Waals surface area contributed by atoms with E-state index in [1.807, 2.05) is 6.92 Å². The van der Waals surface area contributed by atoms with E-state index in [0.29, 0.717) is 23.8 Å². The summed E-state index contributed by atoms with van der Waals surface area (Å²) in [6.45, 7) is 1.85. The number of methoxy groups -OCH3 is 1. The number of benzene rings is 2. The first-order chi connectivity index (χ1) is 15.9. The lowest BCUT2D eigenvalue weighted by Gasteiger charge is -2.18. The van der Waals surface area contributed by atoms with Crippen molar-refractivity contribution in [2.45, 2.75) is 13.3 Å². The molecule has 3 rings (SSSR count). The highest BCUT2D eigenvalue weighted by molar-refractivity contribution is 5.98. The van der Waals surface area contributed by atoms with Crippen LogP contribution in [0.2, 0.25) is 0 Å². The van der Waals surface area contributed by atoms with E-state index in [0.717, 1.165) is 5.01 Å². The maximum Gasteiger partial charge on any atom is 0.311 e. The van der Waals surface area contributed by atoms with E-state index < -0.39 is 36.2 Å². The van der Waals surface area contributed by atoms with Crippen LogP contribution in [-0.2, 0) is 19.1 Å². The van der Waals surface area contributed by atoms with Crippen molar-refractivity contribution in [1.82, 2.24) is 10.4 Å². The van der Waals surface area contributed by atoms with Crippen LogP contribution in [0.1, 0.15) is 23.7 Å². The maximum absolute atomic E-state index is 12.5. The van der Waals surface area contributed by atoms with Gasteiger partial charge >= 0.3 is 5.97 Å². The fraction of sp³-hybridized carbons (Fsp3) is 0.304. The van der Waals surface area contributed by atoms with Gasteiger partial charge in [0.1, 0.15) is 11.5 Å². The first-order valence-corrected chi connectivity index (χ1v) is 10.3. The van der Waals surface area contributed by atoms with Crippen LogP contribution in [0.15, 0.2) is 48.5 Å². The third-order valence-electron chi connectivity index (χ3n) is 4.84. The number of nitrogens with one attached hydrogen (secondary N) is 2. The molecule has 1 saturated heterocycles. The molecule has 10 heteroatoms. The molecule has 1 fully saturated rings. The summed E-state index contributed by atoms with van der Waals surface area (Å²) in [5.74, 6) is -1.94. The molecular weight excluding hydrogens is 430 g/mol. The lowest BCUT2D eigenvalue weighted by atomic mass is 10.1. The summed E-state index contributed by atoms with van der Waals surface area (Å²) in [7, 11) is 1.44. The Hall–Kier alpha value is -4.08. The lowest BCUT2D eigenvalue weighted by Crippen LogP contribution is -2.43. The summed E-state index contributed by atoms with van der Waals surface area (Å²) in [6, 6.07) is 13.3. The van der Waals surface area contributed by atoms with Crippen LogP contribution >= 0.6 is 0 Å². The van der Waals surface area contributed by atoms with E-state index >= 15 is 0 Å². The highest BCUT2D eigenvalue weighted by Crippen LogP contribution is 2.21. The van der Waals surface area contributed by atoms with Gasteiger partial charge in [0.25, 0.3) is 11.8 Å². The van der Waals surface area contributed by atoms with Crippen molar-refractivity contribution in [2.75, 3.05) is 32.2 Å². The lowest BCUT2D eigenvalue weighted by molar-refractivity contribution is -0.151. The second-order valence-corrected chi connectivity index (χ2v) is 7.16. The molecule has 1 aliphatic rings.